The van der Waals surface area contributed by atoms with Crippen LogP contribution in [0.1, 0.15) is 50.7 Å². The standard InChI is InChI=1S/C20H23ClN2O3S2/c1-11(2)14-10-27-18(17(14)12(3)4)22-19(24)26-8-7-23-15-9-13(21)5-6-16(15)28-20(23)25/h5-6,9-12H,7-8H2,1-4H3,(H,22,24). The van der Waals surface area contributed by atoms with Crippen LogP contribution >= 0.6 is 34.3 Å². The Bertz CT molecular complexity index is 1050. The summed E-state index contributed by atoms with van der Waals surface area (Å²) in [6, 6.07) is 5.33. The Balaban J connectivity index is 1.66. The fourth-order valence-electron chi connectivity index (χ4n) is 3.13. The van der Waals surface area contributed by atoms with Crippen molar-refractivity contribution in [2.75, 3.05) is 11.9 Å². The molecule has 0 unspecified atom stereocenters. The summed E-state index contributed by atoms with van der Waals surface area (Å²) in [5, 5.41) is 6.35. The summed E-state index contributed by atoms with van der Waals surface area (Å²) < 4.78 is 7.77. The van der Waals surface area contributed by atoms with Gasteiger partial charge in [-0.15, -0.1) is 11.3 Å². The van der Waals surface area contributed by atoms with E-state index >= 15 is 0 Å². The number of halogens is 1. The number of carbonyl (C=O) groups is 1. The molecule has 0 fully saturated rings. The maximum atomic E-state index is 12.3. The first-order chi connectivity index (χ1) is 13.3. The van der Waals surface area contributed by atoms with Crippen LogP contribution in [0.3, 0.4) is 0 Å². The van der Waals surface area contributed by atoms with Gasteiger partial charge in [0.2, 0.25) is 0 Å². The van der Waals surface area contributed by atoms with Gasteiger partial charge in [-0.25, -0.2) is 4.79 Å². The molecule has 1 aromatic carbocycles. The van der Waals surface area contributed by atoms with Crippen LogP contribution in [0.4, 0.5) is 9.80 Å². The molecular formula is C20H23ClN2O3S2. The summed E-state index contributed by atoms with van der Waals surface area (Å²) in [5.41, 5.74) is 3.17. The fraction of sp³-hybridized carbons (Fsp3) is 0.400. The van der Waals surface area contributed by atoms with Crippen molar-refractivity contribution in [3.8, 4) is 0 Å². The minimum Gasteiger partial charge on any atom is -0.447 e. The van der Waals surface area contributed by atoms with Crippen LogP contribution in [-0.4, -0.2) is 17.3 Å². The average molecular weight is 439 g/mol. The molecular weight excluding hydrogens is 416 g/mol. The molecule has 2 heterocycles. The number of rotatable bonds is 6. The fourth-order valence-corrected chi connectivity index (χ4v) is 5.46. The van der Waals surface area contributed by atoms with Gasteiger partial charge in [-0.3, -0.25) is 14.7 Å². The number of anilines is 1. The Morgan fingerprint density at radius 3 is 2.68 bits per heavy atom. The van der Waals surface area contributed by atoms with Gasteiger partial charge < -0.3 is 4.74 Å². The van der Waals surface area contributed by atoms with Crippen LogP contribution in [-0.2, 0) is 11.3 Å². The van der Waals surface area contributed by atoms with Gasteiger partial charge in [0.05, 0.1) is 16.8 Å². The van der Waals surface area contributed by atoms with E-state index in [4.69, 9.17) is 16.3 Å². The van der Waals surface area contributed by atoms with E-state index in [9.17, 15) is 9.59 Å². The molecule has 5 nitrogen and oxygen atoms in total. The van der Waals surface area contributed by atoms with Crippen molar-refractivity contribution in [2.24, 2.45) is 0 Å². The van der Waals surface area contributed by atoms with Gasteiger partial charge in [0, 0.05) is 5.02 Å². The first-order valence-electron chi connectivity index (χ1n) is 9.12. The predicted octanol–water partition coefficient (Wildman–Crippen LogP) is 6.27. The number of amides is 1. The number of benzene rings is 1. The molecule has 0 saturated heterocycles. The van der Waals surface area contributed by atoms with E-state index in [-0.39, 0.29) is 18.0 Å². The number of hydrogen-bond donors (Lipinski definition) is 1. The molecule has 0 atom stereocenters. The zero-order valence-corrected chi connectivity index (χ0v) is 18.6. The molecule has 0 bridgehead atoms. The van der Waals surface area contributed by atoms with Gasteiger partial charge in [-0.2, -0.15) is 0 Å². The Kier molecular flexibility index (Phi) is 6.47. The van der Waals surface area contributed by atoms with Gasteiger partial charge in [0.1, 0.15) is 11.6 Å². The maximum Gasteiger partial charge on any atom is 0.412 e. The lowest BCUT2D eigenvalue weighted by atomic mass is 9.94. The second-order valence-corrected chi connectivity index (χ2v) is 9.45. The highest BCUT2D eigenvalue weighted by molar-refractivity contribution is 7.16. The molecule has 0 aliphatic heterocycles. The molecule has 0 saturated carbocycles. The lowest BCUT2D eigenvalue weighted by molar-refractivity contribution is 0.157. The number of carbonyl (C=O) groups excluding carboxylic acids is 1. The van der Waals surface area contributed by atoms with E-state index in [0.29, 0.717) is 16.9 Å². The molecule has 0 aliphatic rings. The summed E-state index contributed by atoms with van der Waals surface area (Å²) >= 11 is 8.71. The molecule has 3 aromatic rings. The van der Waals surface area contributed by atoms with E-state index in [1.54, 1.807) is 16.7 Å². The lowest BCUT2D eigenvalue weighted by Gasteiger charge is -2.14. The molecule has 0 radical (unpaired) electrons. The summed E-state index contributed by atoms with van der Waals surface area (Å²) in [7, 11) is 0. The molecule has 0 spiro atoms. The van der Waals surface area contributed by atoms with Gasteiger partial charge in [0.25, 0.3) is 0 Å². The van der Waals surface area contributed by atoms with Gasteiger partial charge in [-0.1, -0.05) is 50.6 Å². The van der Waals surface area contributed by atoms with E-state index in [0.717, 1.165) is 32.1 Å². The SMILES string of the molecule is CC(C)c1csc(NC(=O)OCCn2c(=O)sc3ccc(Cl)cc32)c1C(C)C. The second kappa shape index (κ2) is 8.68. The molecule has 1 N–H and O–H groups in total. The molecule has 150 valence electrons. The van der Waals surface area contributed by atoms with Crippen molar-refractivity contribution in [1.82, 2.24) is 4.57 Å². The van der Waals surface area contributed by atoms with Crippen molar-refractivity contribution in [2.45, 2.75) is 46.1 Å². The van der Waals surface area contributed by atoms with Crippen LogP contribution in [0.25, 0.3) is 10.2 Å². The van der Waals surface area contributed by atoms with Gasteiger partial charge >= 0.3 is 11.0 Å². The largest absolute Gasteiger partial charge is 0.447 e. The highest BCUT2D eigenvalue weighted by Crippen LogP contribution is 2.38. The lowest BCUT2D eigenvalue weighted by Crippen LogP contribution is -2.21. The zero-order valence-electron chi connectivity index (χ0n) is 16.2. The monoisotopic (exact) mass is 438 g/mol. The Morgan fingerprint density at radius 2 is 2.00 bits per heavy atom. The highest BCUT2D eigenvalue weighted by atomic mass is 35.5. The van der Waals surface area contributed by atoms with E-state index < -0.39 is 6.09 Å². The third kappa shape index (κ3) is 4.42. The number of ether oxygens (including phenoxy) is 1. The number of nitrogens with zero attached hydrogens (tertiary/aromatic N) is 1. The van der Waals surface area contributed by atoms with Crippen molar-refractivity contribution < 1.29 is 9.53 Å². The van der Waals surface area contributed by atoms with Crippen molar-refractivity contribution in [3.05, 3.63) is 49.4 Å². The van der Waals surface area contributed by atoms with E-state index in [2.05, 4.69) is 38.4 Å². The third-order valence-corrected chi connectivity index (χ3v) is 6.58. The van der Waals surface area contributed by atoms with Crippen LogP contribution in [0, 0.1) is 0 Å². The van der Waals surface area contributed by atoms with Crippen molar-refractivity contribution in [1.29, 1.82) is 0 Å². The smallest absolute Gasteiger partial charge is 0.412 e. The normalized spacial score (nSPS) is 11.5. The minimum atomic E-state index is -0.510. The number of fused-ring (bicyclic) bond motifs is 1. The summed E-state index contributed by atoms with van der Waals surface area (Å²) in [6.45, 7) is 8.90. The Labute approximate surface area is 176 Å². The van der Waals surface area contributed by atoms with Gasteiger partial charge in [0.15, 0.2) is 0 Å². The Morgan fingerprint density at radius 1 is 1.25 bits per heavy atom. The maximum absolute atomic E-state index is 12.3. The van der Waals surface area contributed by atoms with Crippen LogP contribution in [0.5, 0.6) is 0 Å². The number of thiophene rings is 1. The molecule has 1 amide bonds. The quantitative estimate of drug-likeness (QED) is 0.493. The molecule has 0 aliphatic carbocycles. The first-order valence-corrected chi connectivity index (χ1v) is 11.2. The van der Waals surface area contributed by atoms with E-state index in [1.807, 2.05) is 6.07 Å². The van der Waals surface area contributed by atoms with Crippen LogP contribution in [0.2, 0.25) is 5.02 Å². The van der Waals surface area contributed by atoms with Crippen LogP contribution in [0.15, 0.2) is 28.4 Å². The number of nitrogens with one attached hydrogen (secondary N) is 1. The minimum absolute atomic E-state index is 0.0943. The number of thiazole rings is 1. The molecule has 28 heavy (non-hydrogen) atoms. The highest BCUT2D eigenvalue weighted by Gasteiger charge is 2.19. The van der Waals surface area contributed by atoms with Crippen molar-refractivity contribution >= 4 is 55.6 Å². The average Bonchev–Trinajstić information content (AvgIpc) is 3.16. The van der Waals surface area contributed by atoms with E-state index in [1.165, 1.54) is 16.9 Å². The zero-order chi connectivity index (χ0) is 20.4. The summed E-state index contributed by atoms with van der Waals surface area (Å²) in [5.74, 6) is 0.699. The molecule has 2 aromatic heterocycles. The summed E-state index contributed by atoms with van der Waals surface area (Å²) in [6.07, 6.45) is -0.510. The number of hydrogen-bond acceptors (Lipinski definition) is 5. The van der Waals surface area contributed by atoms with Gasteiger partial charge in [-0.05, 0) is 46.5 Å². The van der Waals surface area contributed by atoms with Crippen LogP contribution < -0.4 is 10.2 Å². The third-order valence-electron chi connectivity index (χ3n) is 4.45. The number of aromatic nitrogens is 1. The first kappa shape index (κ1) is 20.9. The second-order valence-electron chi connectivity index (χ2n) is 7.14. The molecule has 3 rings (SSSR count). The predicted molar refractivity (Wildman–Crippen MR) is 119 cm³/mol. The summed E-state index contributed by atoms with van der Waals surface area (Å²) in [4.78, 5) is 24.4. The molecule has 8 heteroatoms. The Hall–Kier alpha value is -1.83. The van der Waals surface area contributed by atoms with Crippen molar-refractivity contribution in [3.63, 3.8) is 0 Å². The topological polar surface area (TPSA) is 60.3 Å².